The molecule has 0 saturated carbocycles. The van der Waals surface area contributed by atoms with Crippen LogP contribution in [0.2, 0.25) is 0 Å². The molecule has 1 fully saturated rings. The van der Waals surface area contributed by atoms with Crippen molar-refractivity contribution in [1.29, 1.82) is 0 Å². The topological polar surface area (TPSA) is 113 Å². The van der Waals surface area contributed by atoms with Gasteiger partial charge in [-0.05, 0) is 45.6 Å². The Morgan fingerprint density at radius 2 is 1.64 bits per heavy atom. The van der Waals surface area contributed by atoms with Crippen LogP contribution in [0.1, 0.15) is 104 Å². The molecule has 1 aromatic rings. The van der Waals surface area contributed by atoms with Gasteiger partial charge in [0.1, 0.15) is 12.2 Å². The molecule has 218 valence electrons. The van der Waals surface area contributed by atoms with Crippen LogP contribution < -0.4 is 0 Å². The molecular formula is C30H46N2O7. The van der Waals surface area contributed by atoms with E-state index in [0.717, 1.165) is 41.3 Å². The first kappa shape index (κ1) is 32.1. The number of aliphatic carboxylic acids is 1. The molecule has 0 bridgehead atoms. The SMILES string of the molecule is CCCCCCCCC[C@H](CC(=O)O)C(=O)N1[C@H](C(=O)OC(C)(C)C)CCCN1C(=O)OCc1ccccc1. The molecule has 1 N–H and O–H groups in total. The van der Waals surface area contributed by atoms with Gasteiger partial charge in [0.05, 0.1) is 12.3 Å². The molecule has 2 rings (SSSR count). The van der Waals surface area contributed by atoms with E-state index in [1.54, 1.807) is 20.8 Å². The number of esters is 1. The molecule has 0 aromatic heterocycles. The van der Waals surface area contributed by atoms with Crippen molar-refractivity contribution in [2.24, 2.45) is 5.92 Å². The average Bonchev–Trinajstić information content (AvgIpc) is 2.89. The molecule has 0 unspecified atom stereocenters. The Hall–Kier alpha value is -3.10. The zero-order chi connectivity index (χ0) is 28.8. The number of carboxylic acid groups (broad SMARTS) is 1. The third kappa shape index (κ3) is 11.3. The number of benzene rings is 1. The number of hydrogen-bond acceptors (Lipinski definition) is 6. The lowest BCUT2D eigenvalue weighted by molar-refractivity contribution is -0.183. The van der Waals surface area contributed by atoms with Crippen LogP contribution in [0.25, 0.3) is 0 Å². The largest absolute Gasteiger partial charge is 0.481 e. The Labute approximate surface area is 232 Å². The van der Waals surface area contributed by atoms with E-state index in [2.05, 4.69) is 6.92 Å². The van der Waals surface area contributed by atoms with Gasteiger partial charge in [0.15, 0.2) is 6.04 Å². The van der Waals surface area contributed by atoms with Crippen LogP contribution in [-0.2, 0) is 30.5 Å². The van der Waals surface area contributed by atoms with E-state index < -0.39 is 41.5 Å². The standard InChI is InChI=1S/C30H46N2O7/c1-5-6-7-8-9-10-14-18-24(21-26(33)34)27(35)32-25(28(36)39-30(2,3)4)19-15-20-31(32)29(37)38-22-23-16-12-11-13-17-23/h11-13,16-17,24-25H,5-10,14-15,18-22H2,1-4H3,(H,33,34)/t24-,25+/m1/s1. The Balaban J connectivity index is 2.23. The molecule has 9 nitrogen and oxygen atoms in total. The van der Waals surface area contributed by atoms with Gasteiger partial charge in [-0.2, -0.15) is 0 Å². The number of carboxylic acids is 1. The maximum absolute atomic E-state index is 13.9. The fourth-order valence-corrected chi connectivity index (χ4v) is 4.72. The second kappa shape index (κ2) is 16.1. The van der Waals surface area contributed by atoms with Crippen LogP contribution in [0.3, 0.4) is 0 Å². The Bertz CT molecular complexity index is 929. The third-order valence-corrected chi connectivity index (χ3v) is 6.65. The van der Waals surface area contributed by atoms with Crippen molar-refractivity contribution in [3.05, 3.63) is 35.9 Å². The van der Waals surface area contributed by atoms with Crippen molar-refractivity contribution < 1.29 is 33.8 Å². The number of hydrazine groups is 1. The van der Waals surface area contributed by atoms with Gasteiger partial charge in [-0.15, -0.1) is 0 Å². The Morgan fingerprint density at radius 1 is 1.00 bits per heavy atom. The van der Waals surface area contributed by atoms with Crippen LogP contribution >= 0.6 is 0 Å². The van der Waals surface area contributed by atoms with Gasteiger partial charge < -0.3 is 14.6 Å². The summed E-state index contributed by atoms with van der Waals surface area (Å²) in [5.41, 5.74) is -0.00716. The number of nitrogens with zero attached hydrogens (tertiary/aromatic N) is 2. The maximum atomic E-state index is 13.9. The zero-order valence-electron chi connectivity index (χ0n) is 24.0. The molecule has 9 heteroatoms. The molecule has 2 atom stereocenters. The van der Waals surface area contributed by atoms with E-state index in [1.165, 1.54) is 12.8 Å². The molecule has 1 aliphatic heterocycles. The predicted octanol–water partition coefficient (Wildman–Crippen LogP) is 6.10. The molecule has 0 aliphatic carbocycles. The molecule has 0 radical (unpaired) electrons. The summed E-state index contributed by atoms with van der Waals surface area (Å²) >= 11 is 0. The monoisotopic (exact) mass is 546 g/mol. The van der Waals surface area contributed by atoms with E-state index in [-0.39, 0.29) is 19.6 Å². The summed E-state index contributed by atoms with van der Waals surface area (Å²) in [6, 6.07) is 8.12. The highest BCUT2D eigenvalue weighted by atomic mass is 16.6. The summed E-state index contributed by atoms with van der Waals surface area (Å²) in [7, 11) is 0. The van der Waals surface area contributed by atoms with Gasteiger partial charge in [-0.1, -0.05) is 82.2 Å². The number of hydrogen-bond donors (Lipinski definition) is 1. The summed E-state index contributed by atoms with van der Waals surface area (Å²) in [6.45, 7) is 7.55. The fourth-order valence-electron chi connectivity index (χ4n) is 4.72. The van der Waals surface area contributed by atoms with Gasteiger partial charge in [0.2, 0.25) is 5.91 Å². The molecule has 0 spiro atoms. The maximum Gasteiger partial charge on any atom is 0.429 e. The van der Waals surface area contributed by atoms with Crippen LogP contribution in [0.15, 0.2) is 30.3 Å². The molecule has 1 heterocycles. The van der Waals surface area contributed by atoms with E-state index in [0.29, 0.717) is 25.7 Å². The van der Waals surface area contributed by atoms with Gasteiger partial charge in [-0.25, -0.2) is 19.6 Å². The van der Waals surface area contributed by atoms with Gasteiger partial charge >= 0.3 is 18.0 Å². The van der Waals surface area contributed by atoms with Crippen LogP contribution in [0, 0.1) is 5.92 Å². The smallest absolute Gasteiger partial charge is 0.429 e. The van der Waals surface area contributed by atoms with E-state index >= 15 is 0 Å². The molecule has 1 aliphatic rings. The summed E-state index contributed by atoms with van der Waals surface area (Å²) in [4.78, 5) is 52.0. The summed E-state index contributed by atoms with van der Waals surface area (Å²) < 4.78 is 11.1. The van der Waals surface area contributed by atoms with Gasteiger partial charge in [0, 0.05) is 6.54 Å². The Morgan fingerprint density at radius 3 is 2.26 bits per heavy atom. The minimum atomic E-state index is -1.10. The lowest BCUT2D eigenvalue weighted by Crippen LogP contribution is -2.62. The average molecular weight is 547 g/mol. The molecular weight excluding hydrogens is 500 g/mol. The Kier molecular flexibility index (Phi) is 13.3. The number of carbonyl (C=O) groups is 4. The quantitative estimate of drug-likeness (QED) is 0.221. The molecule has 1 aromatic carbocycles. The first-order valence-corrected chi connectivity index (χ1v) is 14.3. The third-order valence-electron chi connectivity index (χ3n) is 6.65. The highest BCUT2D eigenvalue weighted by molar-refractivity contribution is 5.89. The molecule has 1 saturated heterocycles. The first-order chi connectivity index (χ1) is 18.5. The van der Waals surface area contributed by atoms with E-state index in [4.69, 9.17) is 9.47 Å². The number of ether oxygens (including phenoxy) is 2. The highest BCUT2D eigenvalue weighted by Gasteiger charge is 2.44. The van der Waals surface area contributed by atoms with Crippen LogP contribution in [0.5, 0.6) is 0 Å². The minimum absolute atomic E-state index is 0.00585. The number of unbranched alkanes of at least 4 members (excludes halogenated alkanes) is 6. The molecule has 39 heavy (non-hydrogen) atoms. The lowest BCUT2D eigenvalue weighted by Gasteiger charge is -2.43. The lowest BCUT2D eigenvalue weighted by atomic mass is 9.94. The summed E-state index contributed by atoms with van der Waals surface area (Å²) in [5.74, 6) is -3.15. The number of rotatable bonds is 14. The number of amides is 2. The van der Waals surface area contributed by atoms with Crippen LogP contribution in [0.4, 0.5) is 4.79 Å². The normalized spacial score (nSPS) is 16.5. The fraction of sp³-hybridized carbons (Fsp3) is 0.667. The zero-order valence-corrected chi connectivity index (χ0v) is 24.0. The minimum Gasteiger partial charge on any atom is -0.481 e. The predicted molar refractivity (Wildman–Crippen MR) is 147 cm³/mol. The van der Waals surface area contributed by atoms with Gasteiger partial charge in [-0.3, -0.25) is 9.59 Å². The van der Waals surface area contributed by atoms with Gasteiger partial charge in [0.25, 0.3) is 0 Å². The number of carbonyl (C=O) groups excluding carboxylic acids is 3. The molecule has 2 amide bonds. The van der Waals surface area contributed by atoms with Crippen molar-refractivity contribution >= 4 is 23.9 Å². The second-order valence-corrected chi connectivity index (χ2v) is 11.2. The summed E-state index contributed by atoms with van der Waals surface area (Å²) in [6.07, 6.45) is 7.24. The summed E-state index contributed by atoms with van der Waals surface area (Å²) in [5, 5.41) is 11.9. The second-order valence-electron chi connectivity index (χ2n) is 11.2. The van der Waals surface area contributed by atoms with Crippen molar-refractivity contribution in [3.8, 4) is 0 Å². The van der Waals surface area contributed by atoms with E-state index in [9.17, 15) is 24.3 Å². The van der Waals surface area contributed by atoms with Crippen molar-refractivity contribution in [2.75, 3.05) is 6.54 Å². The highest BCUT2D eigenvalue weighted by Crippen LogP contribution is 2.28. The van der Waals surface area contributed by atoms with E-state index in [1.807, 2.05) is 30.3 Å². The van der Waals surface area contributed by atoms with Crippen molar-refractivity contribution in [2.45, 2.75) is 117 Å². The van der Waals surface area contributed by atoms with Crippen LogP contribution in [-0.4, -0.2) is 57.3 Å². The first-order valence-electron chi connectivity index (χ1n) is 14.3. The van der Waals surface area contributed by atoms with Crippen molar-refractivity contribution in [3.63, 3.8) is 0 Å². The van der Waals surface area contributed by atoms with Crippen molar-refractivity contribution in [1.82, 2.24) is 10.0 Å².